The maximum Gasteiger partial charge on any atom is 0.341 e. The number of hydrogen-bond donors (Lipinski definition) is 3. The number of ether oxygens (including phenoxy) is 1. The summed E-state index contributed by atoms with van der Waals surface area (Å²) in [6.45, 7) is 2.16. The summed E-state index contributed by atoms with van der Waals surface area (Å²) < 4.78 is 5.62. The lowest BCUT2D eigenvalue weighted by molar-refractivity contribution is -0.139. The number of carboxylic acid groups (broad SMARTS) is 1. The van der Waals surface area contributed by atoms with Gasteiger partial charge in [0.15, 0.2) is 17.5 Å². The van der Waals surface area contributed by atoms with Gasteiger partial charge in [0, 0.05) is 6.54 Å². The van der Waals surface area contributed by atoms with E-state index in [-0.39, 0.29) is 10.8 Å². The Hall–Kier alpha value is -1.38. The predicted molar refractivity (Wildman–Crippen MR) is 89.3 cm³/mol. The first kappa shape index (κ1) is 17.7. The fourth-order valence-electron chi connectivity index (χ4n) is 1.29. The largest absolute Gasteiger partial charge is 0.479 e. The monoisotopic (exact) mass is 393 g/mol. The molecular weight excluding hydrogens is 382 g/mol. The van der Waals surface area contributed by atoms with Gasteiger partial charge in [0.25, 0.3) is 0 Å². The van der Waals surface area contributed by atoms with E-state index < -0.39 is 12.6 Å². The number of nitrogens with zero attached hydrogens (tertiary/aromatic N) is 1. The van der Waals surface area contributed by atoms with Gasteiger partial charge in [-0.15, -0.1) is 0 Å². The van der Waals surface area contributed by atoms with Gasteiger partial charge < -0.3 is 15.2 Å². The van der Waals surface area contributed by atoms with Crippen LogP contribution in [0.1, 0.15) is 12.5 Å². The molecule has 0 atom stereocenters. The number of thiocarbonyl (C=S) groups is 1. The quantitative estimate of drug-likeness (QED) is 0.390. The molecule has 9 heteroatoms. The molecule has 6 nitrogen and oxygen atoms in total. The predicted octanol–water partition coefficient (Wildman–Crippen LogP) is 2.38. The molecule has 3 N–H and O–H groups in total. The van der Waals surface area contributed by atoms with Crippen LogP contribution in [0, 0.1) is 0 Å². The molecule has 0 unspecified atom stereocenters. The van der Waals surface area contributed by atoms with Crippen molar-refractivity contribution < 1.29 is 14.6 Å². The van der Waals surface area contributed by atoms with Gasteiger partial charge in [-0.3, -0.25) is 5.43 Å². The summed E-state index contributed by atoms with van der Waals surface area (Å²) in [5.41, 5.74) is 3.34. The number of carboxylic acids is 1. The van der Waals surface area contributed by atoms with Crippen molar-refractivity contribution in [2.75, 3.05) is 13.2 Å². The minimum atomic E-state index is -1.08. The second kappa shape index (κ2) is 8.81. The molecule has 0 aliphatic heterocycles. The Bertz CT molecular complexity index is 546. The van der Waals surface area contributed by atoms with Crippen molar-refractivity contribution in [3.05, 3.63) is 27.2 Å². The summed E-state index contributed by atoms with van der Waals surface area (Å²) in [4.78, 5) is 10.5. The molecule has 21 heavy (non-hydrogen) atoms. The van der Waals surface area contributed by atoms with Crippen LogP contribution in [0.3, 0.4) is 0 Å². The number of nitrogens with one attached hydrogen (secondary N) is 2. The molecule has 0 fully saturated rings. The lowest BCUT2D eigenvalue weighted by Gasteiger charge is -2.09. The van der Waals surface area contributed by atoms with Crippen molar-refractivity contribution in [3.8, 4) is 5.75 Å². The standard InChI is InChI=1S/C12H13BrClN3O3S/c1-2-15-12(21)17-16-5-7-3-8(13)11(9(14)4-7)20-6-10(18)19/h3-5H,2,6H2,1H3,(H,18,19)(H2,15,17,21)/b16-5-. The van der Waals surface area contributed by atoms with Crippen LogP contribution in [0.5, 0.6) is 5.75 Å². The number of benzene rings is 1. The van der Waals surface area contributed by atoms with Crippen LogP contribution in [0.4, 0.5) is 0 Å². The van der Waals surface area contributed by atoms with Gasteiger partial charge in [0.2, 0.25) is 0 Å². The molecule has 0 aromatic heterocycles. The minimum absolute atomic E-state index is 0.271. The van der Waals surface area contributed by atoms with E-state index in [1.165, 1.54) is 6.21 Å². The van der Waals surface area contributed by atoms with Crippen LogP contribution >= 0.6 is 39.7 Å². The van der Waals surface area contributed by atoms with Crippen LogP contribution < -0.4 is 15.5 Å². The first-order valence-electron chi connectivity index (χ1n) is 5.84. The summed E-state index contributed by atoms with van der Waals surface area (Å²) >= 11 is 14.3. The number of aliphatic carboxylic acids is 1. The highest BCUT2D eigenvalue weighted by molar-refractivity contribution is 9.10. The lowest BCUT2D eigenvalue weighted by atomic mass is 10.2. The number of rotatable bonds is 6. The van der Waals surface area contributed by atoms with Crippen LogP contribution in [-0.4, -0.2) is 35.6 Å². The highest BCUT2D eigenvalue weighted by atomic mass is 79.9. The highest BCUT2D eigenvalue weighted by Crippen LogP contribution is 2.34. The minimum Gasteiger partial charge on any atom is -0.479 e. The van der Waals surface area contributed by atoms with Crippen molar-refractivity contribution in [2.24, 2.45) is 5.10 Å². The number of halogens is 2. The van der Waals surface area contributed by atoms with Gasteiger partial charge in [-0.1, -0.05) is 11.6 Å². The van der Waals surface area contributed by atoms with Crippen LogP contribution in [0.25, 0.3) is 0 Å². The fraction of sp³-hybridized carbons (Fsp3) is 0.250. The van der Waals surface area contributed by atoms with Crippen molar-refractivity contribution in [2.45, 2.75) is 6.92 Å². The van der Waals surface area contributed by atoms with E-state index in [2.05, 4.69) is 31.8 Å². The molecule has 0 aliphatic carbocycles. The molecule has 0 bridgehead atoms. The first-order valence-corrected chi connectivity index (χ1v) is 7.42. The Labute approximate surface area is 140 Å². The lowest BCUT2D eigenvalue weighted by Crippen LogP contribution is -2.31. The van der Waals surface area contributed by atoms with Crippen molar-refractivity contribution >= 4 is 57.0 Å². The zero-order valence-electron chi connectivity index (χ0n) is 11.0. The Morgan fingerprint density at radius 1 is 1.62 bits per heavy atom. The maximum atomic E-state index is 10.5. The molecule has 0 spiro atoms. The molecule has 1 aromatic rings. The van der Waals surface area contributed by atoms with E-state index in [4.69, 9.17) is 33.7 Å². The van der Waals surface area contributed by atoms with E-state index in [0.29, 0.717) is 21.7 Å². The Kier molecular flexibility index (Phi) is 7.41. The molecular formula is C12H13BrClN3O3S. The van der Waals surface area contributed by atoms with E-state index in [1.807, 2.05) is 6.92 Å². The molecule has 0 saturated heterocycles. The fourth-order valence-corrected chi connectivity index (χ4v) is 2.48. The van der Waals surface area contributed by atoms with E-state index in [1.54, 1.807) is 12.1 Å². The average molecular weight is 395 g/mol. The maximum absolute atomic E-state index is 10.5. The van der Waals surface area contributed by atoms with E-state index in [0.717, 1.165) is 0 Å². The van der Waals surface area contributed by atoms with Crippen LogP contribution in [0.2, 0.25) is 5.02 Å². The summed E-state index contributed by atoms with van der Waals surface area (Å²) in [7, 11) is 0. The topological polar surface area (TPSA) is 83.0 Å². The zero-order chi connectivity index (χ0) is 15.8. The Morgan fingerprint density at radius 3 is 2.90 bits per heavy atom. The first-order chi connectivity index (χ1) is 9.93. The molecule has 0 aliphatic rings. The van der Waals surface area contributed by atoms with Gasteiger partial charge in [-0.25, -0.2) is 4.79 Å². The number of hydrazone groups is 1. The molecule has 0 amide bonds. The van der Waals surface area contributed by atoms with Crippen molar-refractivity contribution in [3.63, 3.8) is 0 Å². The highest BCUT2D eigenvalue weighted by Gasteiger charge is 2.10. The zero-order valence-corrected chi connectivity index (χ0v) is 14.2. The van der Waals surface area contributed by atoms with Gasteiger partial charge in [-0.05, 0) is 52.8 Å². The van der Waals surface area contributed by atoms with Gasteiger partial charge >= 0.3 is 5.97 Å². The average Bonchev–Trinajstić information content (AvgIpc) is 2.37. The van der Waals surface area contributed by atoms with Gasteiger partial charge in [-0.2, -0.15) is 5.10 Å². The molecule has 0 heterocycles. The van der Waals surface area contributed by atoms with E-state index >= 15 is 0 Å². The van der Waals surface area contributed by atoms with Gasteiger partial charge in [0.1, 0.15) is 0 Å². The third kappa shape index (κ3) is 6.28. The second-order valence-electron chi connectivity index (χ2n) is 3.73. The van der Waals surface area contributed by atoms with Crippen LogP contribution in [-0.2, 0) is 4.79 Å². The van der Waals surface area contributed by atoms with E-state index in [9.17, 15) is 4.79 Å². The summed E-state index contributed by atoms with van der Waals surface area (Å²) in [5.74, 6) is -0.808. The number of carbonyl (C=O) groups is 1. The third-order valence-electron chi connectivity index (χ3n) is 2.08. The van der Waals surface area contributed by atoms with Crippen molar-refractivity contribution in [1.82, 2.24) is 10.7 Å². The SMILES string of the molecule is CCNC(=S)N/N=C\c1cc(Cl)c(OCC(=O)O)c(Br)c1. The smallest absolute Gasteiger partial charge is 0.341 e. The molecule has 114 valence electrons. The van der Waals surface area contributed by atoms with Gasteiger partial charge in [0.05, 0.1) is 15.7 Å². The third-order valence-corrected chi connectivity index (χ3v) is 3.18. The molecule has 0 saturated carbocycles. The number of hydrogen-bond acceptors (Lipinski definition) is 4. The molecule has 1 rings (SSSR count). The second-order valence-corrected chi connectivity index (χ2v) is 5.40. The summed E-state index contributed by atoms with van der Waals surface area (Å²) in [5, 5.41) is 16.1. The molecule has 1 aromatic carbocycles. The Balaban J connectivity index is 2.76. The summed E-state index contributed by atoms with van der Waals surface area (Å²) in [6.07, 6.45) is 1.53. The summed E-state index contributed by atoms with van der Waals surface area (Å²) in [6, 6.07) is 3.30. The Morgan fingerprint density at radius 2 is 2.33 bits per heavy atom. The van der Waals surface area contributed by atoms with Crippen molar-refractivity contribution in [1.29, 1.82) is 0 Å². The normalized spacial score (nSPS) is 10.4. The molecule has 0 radical (unpaired) electrons. The van der Waals surface area contributed by atoms with Crippen LogP contribution in [0.15, 0.2) is 21.7 Å².